The summed E-state index contributed by atoms with van der Waals surface area (Å²) >= 11 is 0. The highest BCUT2D eigenvalue weighted by molar-refractivity contribution is 6.02. The van der Waals surface area contributed by atoms with Crippen LogP contribution in [0.3, 0.4) is 0 Å². The summed E-state index contributed by atoms with van der Waals surface area (Å²) in [5.74, 6) is 0.0334. The molecule has 1 N–H and O–H groups in total. The average molecular weight is 361 g/mol. The molecule has 1 unspecified atom stereocenters. The molecule has 1 atom stereocenters. The molecule has 1 fully saturated rings. The summed E-state index contributed by atoms with van der Waals surface area (Å²) in [6.07, 6.45) is 5.50. The van der Waals surface area contributed by atoms with Gasteiger partial charge in [-0.2, -0.15) is 0 Å². The Hall–Kier alpha value is -2.92. The lowest BCUT2D eigenvalue weighted by molar-refractivity contribution is 0.112. The summed E-state index contributed by atoms with van der Waals surface area (Å²) in [5, 5.41) is 11.7. The fourth-order valence-corrected chi connectivity index (χ4v) is 3.88. The van der Waals surface area contributed by atoms with E-state index in [-0.39, 0.29) is 5.75 Å². The van der Waals surface area contributed by atoms with Crippen LogP contribution in [0.5, 0.6) is 5.75 Å². The van der Waals surface area contributed by atoms with E-state index >= 15 is 0 Å². The van der Waals surface area contributed by atoms with Gasteiger partial charge in [-0.15, -0.1) is 0 Å². The molecule has 0 amide bonds. The second-order valence-electron chi connectivity index (χ2n) is 7.18. The number of fused-ring (bicyclic) bond motifs is 1. The third-order valence-electron chi connectivity index (χ3n) is 5.47. The van der Waals surface area contributed by atoms with Crippen molar-refractivity contribution in [3.63, 3.8) is 0 Å². The molecule has 0 saturated carbocycles. The largest absolute Gasteiger partial charge is 0.507 e. The van der Waals surface area contributed by atoms with Crippen molar-refractivity contribution in [2.45, 2.75) is 19.0 Å². The third-order valence-corrected chi connectivity index (χ3v) is 5.47. The molecule has 5 nitrogen and oxygen atoms in total. The van der Waals surface area contributed by atoms with Crippen LogP contribution in [0.1, 0.15) is 22.3 Å². The van der Waals surface area contributed by atoms with Gasteiger partial charge in [0.1, 0.15) is 5.75 Å². The molecule has 2 heterocycles. The van der Waals surface area contributed by atoms with E-state index in [4.69, 9.17) is 0 Å². The number of phenols is 1. The number of rotatable bonds is 5. The molecule has 3 aromatic rings. The number of anilines is 1. The van der Waals surface area contributed by atoms with Crippen molar-refractivity contribution in [2.75, 3.05) is 25.0 Å². The minimum absolute atomic E-state index is 0.0334. The summed E-state index contributed by atoms with van der Waals surface area (Å²) in [5.41, 5.74) is 2.72. The molecule has 1 aromatic heterocycles. The second kappa shape index (κ2) is 7.37. The lowest BCUT2D eigenvalue weighted by Gasteiger charge is -2.25. The highest BCUT2D eigenvalue weighted by Crippen LogP contribution is 2.31. The van der Waals surface area contributed by atoms with Crippen LogP contribution in [0, 0.1) is 0 Å². The van der Waals surface area contributed by atoms with Crippen LogP contribution in [-0.2, 0) is 6.54 Å². The predicted octanol–water partition coefficient (Wildman–Crippen LogP) is 3.46. The number of phenolic OH excluding ortho intramolecular Hbond substituents is 1. The molecule has 138 valence electrons. The minimum atomic E-state index is 0.0334. The number of carbonyl (C=O) groups excluding carboxylic acids is 1. The fourth-order valence-electron chi connectivity index (χ4n) is 3.88. The Labute approximate surface area is 158 Å². The van der Waals surface area contributed by atoms with Gasteiger partial charge in [-0.3, -0.25) is 14.7 Å². The number of pyridine rings is 1. The van der Waals surface area contributed by atoms with E-state index in [9.17, 15) is 9.90 Å². The molecule has 1 aliphatic rings. The number of hydrogen-bond acceptors (Lipinski definition) is 5. The summed E-state index contributed by atoms with van der Waals surface area (Å²) in [7, 11) is 2.16. The molecule has 1 aliphatic heterocycles. The maximum Gasteiger partial charge on any atom is 0.154 e. The van der Waals surface area contributed by atoms with Gasteiger partial charge in [-0.05, 0) is 60.1 Å². The first-order chi connectivity index (χ1) is 13.2. The number of carbonyl (C=O) groups is 1. The van der Waals surface area contributed by atoms with E-state index in [1.165, 1.54) is 5.56 Å². The molecule has 0 radical (unpaired) electrons. The van der Waals surface area contributed by atoms with Crippen LogP contribution in [0.4, 0.5) is 5.69 Å². The van der Waals surface area contributed by atoms with Gasteiger partial charge in [-0.25, -0.2) is 0 Å². The molecule has 5 heteroatoms. The number of aldehydes is 1. The van der Waals surface area contributed by atoms with Crippen LogP contribution in [-0.4, -0.2) is 47.5 Å². The van der Waals surface area contributed by atoms with Gasteiger partial charge in [-0.1, -0.05) is 12.1 Å². The smallest absolute Gasteiger partial charge is 0.154 e. The van der Waals surface area contributed by atoms with E-state index in [2.05, 4.69) is 40.0 Å². The first-order valence-corrected chi connectivity index (χ1v) is 9.20. The third kappa shape index (κ3) is 3.51. The van der Waals surface area contributed by atoms with E-state index in [1.807, 2.05) is 30.6 Å². The minimum Gasteiger partial charge on any atom is -0.507 e. The molecular formula is C22H23N3O2. The predicted molar refractivity (Wildman–Crippen MR) is 107 cm³/mol. The van der Waals surface area contributed by atoms with Crippen LogP contribution in [0.2, 0.25) is 0 Å². The van der Waals surface area contributed by atoms with Crippen molar-refractivity contribution < 1.29 is 9.90 Å². The Morgan fingerprint density at radius 2 is 2.00 bits per heavy atom. The van der Waals surface area contributed by atoms with E-state index < -0.39 is 0 Å². The van der Waals surface area contributed by atoms with Crippen molar-refractivity contribution in [2.24, 2.45) is 0 Å². The molecule has 0 aliphatic carbocycles. The Bertz CT molecular complexity index is 958. The van der Waals surface area contributed by atoms with Crippen LogP contribution in [0.25, 0.3) is 10.8 Å². The highest BCUT2D eigenvalue weighted by Gasteiger charge is 2.26. The van der Waals surface area contributed by atoms with Gasteiger partial charge in [0.05, 0.1) is 5.56 Å². The van der Waals surface area contributed by atoms with Crippen molar-refractivity contribution in [3.05, 3.63) is 66.0 Å². The maximum atomic E-state index is 11.4. The fraction of sp³-hybridized carbons (Fsp3) is 0.273. The Morgan fingerprint density at radius 3 is 2.78 bits per heavy atom. The van der Waals surface area contributed by atoms with Gasteiger partial charge >= 0.3 is 0 Å². The summed E-state index contributed by atoms with van der Waals surface area (Å²) in [6.45, 7) is 2.83. The number of nitrogens with zero attached hydrogens (tertiary/aromatic N) is 3. The maximum absolute atomic E-state index is 11.4. The molecule has 0 spiro atoms. The number of hydrogen-bond donors (Lipinski definition) is 1. The standard InChI is InChI=1S/C22H23N3O2/c1-24(13-16-6-9-23-10-7-16)19-8-11-25(14-19)18-4-2-17-3-5-22(27)21(15-26)20(17)12-18/h2-7,9-10,12,15,19,27H,8,11,13-14H2,1H3. The molecule has 1 saturated heterocycles. The Morgan fingerprint density at radius 1 is 1.22 bits per heavy atom. The van der Waals surface area contributed by atoms with Crippen LogP contribution in [0.15, 0.2) is 54.9 Å². The number of benzene rings is 2. The lowest BCUT2D eigenvalue weighted by Crippen LogP contribution is -2.34. The zero-order valence-electron chi connectivity index (χ0n) is 15.4. The Kier molecular flexibility index (Phi) is 4.77. The monoisotopic (exact) mass is 361 g/mol. The summed E-state index contributed by atoms with van der Waals surface area (Å²) < 4.78 is 0. The molecule has 0 bridgehead atoms. The zero-order valence-corrected chi connectivity index (χ0v) is 15.4. The SMILES string of the molecule is CN(Cc1ccncc1)C1CCN(c2ccc3ccc(O)c(C=O)c3c2)C1. The van der Waals surface area contributed by atoms with Crippen LogP contribution < -0.4 is 4.90 Å². The lowest BCUT2D eigenvalue weighted by atomic mass is 10.0. The quantitative estimate of drug-likeness (QED) is 0.705. The number of aromatic hydroxyl groups is 1. The number of likely N-dealkylation sites (N-methyl/N-ethyl adjacent to an activating group) is 1. The summed E-state index contributed by atoms with van der Waals surface area (Å²) in [4.78, 5) is 20.2. The first kappa shape index (κ1) is 17.5. The van der Waals surface area contributed by atoms with Crippen molar-refractivity contribution in [3.8, 4) is 5.75 Å². The zero-order chi connectivity index (χ0) is 18.8. The van der Waals surface area contributed by atoms with Gasteiger partial charge in [0.2, 0.25) is 0 Å². The second-order valence-corrected chi connectivity index (χ2v) is 7.18. The van der Waals surface area contributed by atoms with Gasteiger partial charge in [0.25, 0.3) is 0 Å². The summed E-state index contributed by atoms with van der Waals surface area (Å²) in [6, 6.07) is 14.1. The van der Waals surface area contributed by atoms with Gasteiger partial charge in [0, 0.05) is 43.8 Å². The van der Waals surface area contributed by atoms with Crippen molar-refractivity contribution in [1.29, 1.82) is 0 Å². The Balaban J connectivity index is 1.52. The van der Waals surface area contributed by atoms with E-state index in [0.29, 0.717) is 11.6 Å². The van der Waals surface area contributed by atoms with Gasteiger partial charge < -0.3 is 10.0 Å². The molecule has 2 aromatic carbocycles. The first-order valence-electron chi connectivity index (χ1n) is 9.20. The van der Waals surface area contributed by atoms with Crippen molar-refractivity contribution >= 4 is 22.7 Å². The van der Waals surface area contributed by atoms with E-state index in [0.717, 1.165) is 48.8 Å². The topological polar surface area (TPSA) is 56.7 Å². The average Bonchev–Trinajstić information content (AvgIpc) is 3.19. The molecular weight excluding hydrogens is 338 g/mol. The normalized spacial score (nSPS) is 17.0. The van der Waals surface area contributed by atoms with Crippen LogP contribution >= 0.6 is 0 Å². The van der Waals surface area contributed by atoms with Crippen molar-refractivity contribution in [1.82, 2.24) is 9.88 Å². The number of aromatic nitrogens is 1. The molecule has 4 rings (SSSR count). The van der Waals surface area contributed by atoms with Gasteiger partial charge in [0.15, 0.2) is 6.29 Å². The highest BCUT2D eigenvalue weighted by atomic mass is 16.3. The molecule has 27 heavy (non-hydrogen) atoms. The van der Waals surface area contributed by atoms with E-state index in [1.54, 1.807) is 6.07 Å².